The van der Waals surface area contributed by atoms with Gasteiger partial charge in [-0.2, -0.15) is 5.26 Å². The largest absolute Gasteiger partial charge is 0.493 e. The van der Waals surface area contributed by atoms with E-state index in [4.69, 9.17) is 9.47 Å². The molecule has 1 aromatic heterocycles. The van der Waals surface area contributed by atoms with Crippen molar-refractivity contribution in [1.29, 1.82) is 5.26 Å². The summed E-state index contributed by atoms with van der Waals surface area (Å²) in [5, 5.41) is 23.5. The molecule has 1 heterocycles. The lowest BCUT2D eigenvalue weighted by Crippen LogP contribution is -2.01. The molecule has 0 aliphatic carbocycles. The fraction of sp³-hybridized carbons (Fsp3) is 0.143. The first kappa shape index (κ1) is 20.0. The molecule has 0 amide bonds. The monoisotopic (exact) mass is 407 g/mol. The predicted molar refractivity (Wildman–Crippen MR) is 112 cm³/mol. The molecular weight excluding hydrogens is 390 g/mol. The van der Waals surface area contributed by atoms with E-state index in [-0.39, 0.29) is 23.8 Å². The molecule has 0 saturated carbocycles. The normalized spacial score (nSPS) is 11.0. The Morgan fingerprint density at radius 2 is 2.10 bits per heavy atom. The van der Waals surface area contributed by atoms with Gasteiger partial charge in [0.1, 0.15) is 11.1 Å². The molecule has 0 bridgehead atoms. The second-order valence-electron chi connectivity index (χ2n) is 5.84. The average Bonchev–Trinajstić information content (AvgIpc) is 3.23. The molecule has 0 N–H and O–H groups in total. The Morgan fingerprint density at radius 1 is 1.34 bits per heavy atom. The molecule has 29 heavy (non-hydrogen) atoms. The van der Waals surface area contributed by atoms with E-state index in [1.54, 1.807) is 19.1 Å². The highest BCUT2D eigenvalue weighted by Crippen LogP contribution is 2.39. The maximum Gasteiger partial charge on any atom is 0.315 e. The van der Waals surface area contributed by atoms with E-state index in [0.717, 1.165) is 11.3 Å². The van der Waals surface area contributed by atoms with E-state index < -0.39 is 4.92 Å². The van der Waals surface area contributed by atoms with Crippen LogP contribution in [0.15, 0.2) is 47.8 Å². The van der Waals surface area contributed by atoms with Crippen molar-refractivity contribution in [2.45, 2.75) is 6.92 Å². The minimum absolute atomic E-state index is 0.0660. The predicted octanol–water partition coefficient (Wildman–Crippen LogP) is 5.19. The minimum Gasteiger partial charge on any atom is -0.493 e. The maximum atomic E-state index is 11.5. The zero-order chi connectivity index (χ0) is 20.8. The zero-order valence-electron chi connectivity index (χ0n) is 15.8. The van der Waals surface area contributed by atoms with Gasteiger partial charge < -0.3 is 9.47 Å². The lowest BCUT2D eigenvalue weighted by atomic mass is 10.1. The smallest absolute Gasteiger partial charge is 0.315 e. The van der Waals surface area contributed by atoms with Crippen molar-refractivity contribution < 1.29 is 14.4 Å². The summed E-state index contributed by atoms with van der Waals surface area (Å²) in [6.07, 6.45) is 1.55. The SMILES string of the molecule is CCOc1c(OC)cc(/C=C(/C#N)c2nc(-c3ccccc3)cs2)cc1[N+](=O)[O-]. The summed E-state index contributed by atoms with van der Waals surface area (Å²) in [5.41, 5.74) is 2.24. The van der Waals surface area contributed by atoms with Crippen molar-refractivity contribution >= 4 is 28.7 Å². The van der Waals surface area contributed by atoms with Gasteiger partial charge in [-0.05, 0) is 24.6 Å². The van der Waals surface area contributed by atoms with Gasteiger partial charge in [0.05, 0.1) is 29.9 Å². The summed E-state index contributed by atoms with van der Waals surface area (Å²) in [4.78, 5) is 15.5. The first-order valence-electron chi connectivity index (χ1n) is 8.69. The maximum absolute atomic E-state index is 11.5. The molecule has 3 rings (SSSR count). The van der Waals surface area contributed by atoms with Gasteiger partial charge in [-0.15, -0.1) is 11.3 Å². The van der Waals surface area contributed by atoms with Crippen molar-refractivity contribution in [1.82, 2.24) is 4.98 Å². The molecule has 0 atom stereocenters. The van der Waals surface area contributed by atoms with Gasteiger partial charge in [-0.3, -0.25) is 10.1 Å². The van der Waals surface area contributed by atoms with Crippen LogP contribution in [0.5, 0.6) is 11.5 Å². The standard InChI is InChI=1S/C21H17N3O4S/c1-3-28-20-18(24(25)26)10-14(11-19(20)27-2)9-16(12-22)21-23-17(13-29-21)15-7-5-4-6-8-15/h4-11,13H,3H2,1-2H3/b16-9-. The van der Waals surface area contributed by atoms with E-state index in [2.05, 4.69) is 11.1 Å². The minimum atomic E-state index is -0.534. The number of rotatable bonds is 7. The Kier molecular flexibility index (Phi) is 6.22. The number of ether oxygens (including phenoxy) is 2. The second-order valence-corrected chi connectivity index (χ2v) is 6.69. The molecule has 8 heteroatoms. The molecule has 7 nitrogen and oxygen atoms in total. The molecule has 3 aromatic rings. The van der Waals surface area contributed by atoms with Crippen LogP contribution in [-0.2, 0) is 0 Å². The summed E-state index contributed by atoms with van der Waals surface area (Å²) < 4.78 is 10.6. The van der Waals surface area contributed by atoms with Gasteiger partial charge in [0.2, 0.25) is 5.75 Å². The summed E-state index contributed by atoms with van der Waals surface area (Å²) in [6.45, 7) is 1.99. The van der Waals surface area contributed by atoms with Crippen LogP contribution in [0.4, 0.5) is 5.69 Å². The highest BCUT2D eigenvalue weighted by atomic mass is 32.1. The quantitative estimate of drug-likeness (QED) is 0.304. The Labute approximate surface area is 171 Å². The van der Waals surface area contributed by atoms with Crippen molar-refractivity contribution in [2.75, 3.05) is 13.7 Å². The first-order chi connectivity index (χ1) is 14.1. The number of thiazole rings is 1. The number of nitro groups is 1. The molecule has 0 unspecified atom stereocenters. The Morgan fingerprint density at radius 3 is 2.72 bits per heavy atom. The van der Waals surface area contributed by atoms with Crippen LogP contribution in [0.2, 0.25) is 0 Å². The fourth-order valence-electron chi connectivity index (χ4n) is 2.72. The number of methoxy groups -OCH3 is 1. The third-order valence-electron chi connectivity index (χ3n) is 4.00. The third-order valence-corrected chi connectivity index (χ3v) is 4.87. The molecule has 2 aromatic carbocycles. The van der Waals surface area contributed by atoms with Crippen LogP contribution in [0.25, 0.3) is 22.9 Å². The van der Waals surface area contributed by atoms with Gasteiger partial charge in [-0.1, -0.05) is 30.3 Å². The van der Waals surface area contributed by atoms with Crippen LogP contribution in [0, 0.1) is 21.4 Å². The van der Waals surface area contributed by atoms with Crippen LogP contribution >= 0.6 is 11.3 Å². The molecule has 0 spiro atoms. The summed E-state index contributed by atoms with van der Waals surface area (Å²) in [5.74, 6) is 0.296. The lowest BCUT2D eigenvalue weighted by molar-refractivity contribution is -0.385. The van der Waals surface area contributed by atoms with Crippen LogP contribution < -0.4 is 9.47 Å². The third kappa shape index (κ3) is 4.42. The number of nitro benzene ring substituents is 1. The van der Waals surface area contributed by atoms with Crippen molar-refractivity contribution in [2.24, 2.45) is 0 Å². The topological polar surface area (TPSA) is 98.3 Å². The average molecular weight is 407 g/mol. The molecular formula is C21H17N3O4S. The fourth-order valence-corrected chi connectivity index (χ4v) is 3.51. The number of nitriles is 1. The van der Waals surface area contributed by atoms with Crippen molar-refractivity contribution in [3.05, 3.63) is 68.5 Å². The molecule has 0 aliphatic heterocycles. The molecule has 0 fully saturated rings. The number of hydrogen-bond donors (Lipinski definition) is 0. The van der Waals surface area contributed by atoms with Crippen LogP contribution in [0.3, 0.4) is 0 Å². The van der Waals surface area contributed by atoms with Crippen LogP contribution in [-0.4, -0.2) is 23.6 Å². The molecule has 0 saturated heterocycles. The van der Waals surface area contributed by atoms with E-state index in [1.165, 1.54) is 24.5 Å². The number of aromatic nitrogens is 1. The Hall–Kier alpha value is -3.70. The highest BCUT2D eigenvalue weighted by molar-refractivity contribution is 7.11. The number of nitrogens with zero attached hydrogens (tertiary/aromatic N) is 3. The van der Waals surface area contributed by atoms with Gasteiger partial charge >= 0.3 is 5.69 Å². The summed E-state index contributed by atoms with van der Waals surface area (Å²) >= 11 is 1.34. The van der Waals surface area contributed by atoms with Crippen molar-refractivity contribution in [3.8, 4) is 28.8 Å². The van der Waals surface area contributed by atoms with E-state index >= 15 is 0 Å². The van der Waals surface area contributed by atoms with E-state index in [9.17, 15) is 15.4 Å². The Bertz CT molecular complexity index is 1100. The zero-order valence-corrected chi connectivity index (χ0v) is 16.6. The lowest BCUT2D eigenvalue weighted by Gasteiger charge is -2.10. The van der Waals surface area contributed by atoms with E-state index in [0.29, 0.717) is 16.1 Å². The molecule has 0 aliphatic rings. The number of benzene rings is 2. The number of hydrogen-bond acceptors (Lipinski definition) is 7. The van der Waals surface area contributed by atoms with Gasteiger partial charge in [0, 0.05) is 17.0 Å². The molecule has 0 radical (unpaired) electrons. The van der Waals surface area contributed by atoms with Gasteiger partial charge in [0.25, 0.3) is 0 Å². The van der Waals surface area contributed by atoms with E-state index in [1.807, 2.05) is 35.7 Å². The number of allylic oxidation sites excluding steroid dienone is 1. The Balaban J connectivity index is 2.04. The van der Waals surface area contributed by atoms with Crippen LogP contribution in [0.1, 0.15) is 17.5 Å². The molecule has 146 valence electrons. The first-order valence-corrected chi connectivity index (χ1v) is 9.57. The van der Waals surface area contributed by atoms with Gasteiger partial charge in [0.15, 0.2) is 5.75 Å². The van der Waals surface area contributed by atoms with Gasteiger partial charge in [-0.25, -0.2) is 4.98 Å². The summed E-state index contributed by atoms with van der Waals surface area (Å²) in [6, 6.07) is 14.7. The van der Waals surface area contributed by atoms with Crippen molar-refractivity contribution in [3.63, 3.8) is 0 Å². The summed E-state index contributed by atoms with van der Waals surface area (Å²) in [7, 11) is 1.41. The second kappa shape index (κ2) is 8.99. The highest BCUT2D eigenvalue weighted by Gasteiger charge is 2.22.